The van der Waals surface area contributed by atoms with E-state index in [0.717, 1.165) is 12.1 Å². The molecule has 0 aliphatic carbocycles. The van der Waals surface area contributed by atoms with Gasteiger partial charge in [-0.15, -0.1) is 0 Å². The quantitative estimate of drug-likeness (QED) is 0.467. The summed E-state index contributed by atoms with van der Waals surface area (Å²) in [6, 6.07) is 9.32. The van der Waals surface area contributed by atoms with E-state index in [1.807, 2.05) is 44.3 Å². The Hall–Kier alpha value is -1.35. The van der Waals surface area contributed by atoms with Crippen LogP contribution in [0, 0.1) is 5.41 Å². The highest BCUT2D eigenvalue weighted by Gasteiger charge is 2.03. The molecule has 0 amide bonds. The summed E-state index contributed by atoms with van der Waals surface area (Å²) in [5.74, 6) is 0.181. The molecule has 3 nitrogen and oxygen atoms in total. The largest absolute Gasteiger partial charge is 0.350 e. The van der Waals surface area contributed by atoms with Crippen LogP contribution in [0.5, 0.6) is 0 Å². The van der Waals surface area contributed by atoms with E-state index in [4.69, 9.17) is 17.0 Å². The molecule has 0 fully saturated rings. The van der Waals surface area contributed by atoms with Gasteiger partial charge in [0.15, 0.2) is 11.1 Å². The minimum atomic E-state index is 0.181. The molecule has 0 atom stereocenters. The van der Waals surface area contributed by atoms with Crippen LogP contribution in [0.2, 0.25) is 0 Å². The minimum Gasteiger partial charge on any atom is -0.350 e. The van der Waals surface area contributed by atoms with Crippen molar-refractivity contribution in [2.75, 3.05) is 13.6 Å². The van der Waals surface area contributed by atoms with Gasteiger partial charge in [-0.05, 0) is 18.5 Å². The highest BCUT2D eigenvalue weighted by Crippen LogP contribution is 2.03. The van der Waals surface area contributed by atoms with Crippen LogP contribution in [0.1, 0.15) is 12.5 Å². The predicted octanol–water partition coefficient (Wildman–Crippen LogP) is 2.56. The SMILES string of the molecule is CCN(C)C(Cl)=NC(=N)c1ccccc1. The number of halogens is 1. The first-order valence-electron chi connectivity index (χ1n) is 4.74. The molecule has 80 valence electrons. The summed E-state index contributed by atoms with van der Waals surface area (Å²) < 4.78 is 0. The number of nitrogens with one attached hydrogen (secondary N) is 1. The van der Waals surface area contributed by atoms with Gasteiger partial charge < -0.3 is 4.90 Å². The number of hydrogen-bond acceptors (Lipinski definition) is 1. The number of rotatable bonds is 2. The Kier molecular flexibility index (Phi) is 4.31. The van der Waals surface area contributed by atoms with Crippen molar-refractivity contribution < 1.29 is 0 Å². The highest BCUT2D eigenvalue weighted by atomic mass is 35.5. The van der Waals surface area contributed by atoms with Crippen molar-refractivity contribution >= 4 is 22.7 Å². The summed E-state index contributed by atoms with van der Waals surface area (Å²) >= 11 is 5.91. The first-order chi connectivity index (χ1) is 7.15. The molecule has 0 unspecified atom stereocenters. The first-order valence-corrected chi connectivity index (χ1v) is 5.12. The van der Waals surface area contributed by atoms with Crippen LogP contribution in [0.3, 0.4) is 0 Å². The van der Waals surface area contributed by atoms with E-state index in [9.17, 15) is 0 Å². The van der Waals surface area contributed by atoms with Gasteiger partial charge in [-0.25, -0.2) is 4.99 Å². The third-order valence-electron chi connectivity index (χ3n) is 2.04. The summed E-state index contributed by atoms with van der Waals surface area (Å²) in [5, 5.41) is 8.07. The van der Waals surface area contributed by atoms with E-state index >= 15 is 0 Å². The second-order valence-electron chi connectivity index (χ2n) is 3.11. The molecule has 1 rings (SSSR count). The zero-order chi connectivity index (χ0) is 11.3. The zero-order valence-corrected chi connectivity index (χ0v) is 9.62. The number of benzene rings is 1. The van der Waals surface area contributed by atoms with E-state index in [0.29, 0.717) is 5.29 Å². The monoisotopic (exact) mass is 223 g/mol. The van der Waals surface area contributed by atoms with E-state index < -0.39 is 0 Å². The molecule has 0 saturated carbocycles. The maximum Gasteiger partial charge on any atom is 0.200 e. The molecule has 0 aliphatic rings. The van der Waals surface area contributed by atoms with Gasteiger partial charge in [0.05, 0.1) is 0 Å². The third kappa shape index (κ3) is 3.36. The molecule has 0 heterocycles. The second-order valence-corrected chi connectivity index (χ2v) is 3.45. The standard InChI is InChI=1S/C11H14ClN3/c1-3-15(2)11(12)14-10(13)9-7-5-4-6-8-9/h4-8,13H,3H2,1-2H3. The van der Waals surface area contributed by atoms with E-state index in [1.165, 1.54) is 0 Å². The molecule has 0 aliphatic heterocycles. The Balaban J connectivity index is 2.79. The van der Waals surface area contributed by atoms with Gasteiger partial charge in [0, 0.05) is 19.2 Å². The lowest BCUT2D eigenvalue weighted by Crippen LogP contribution is -2.22. The molecule has 4 heteroatoms. The molecule has 0 aromatic heterocycles. The molecule has 0 spiro atoms. The van der Waals surface area contributed by atoms with Crippen molar-refractivity contribution in [1.82, 2.24) is 4.90 Å². The van der Waals surface area contributed by atoms with Crippen molar-refractivity contribution in [1.29, 1.82) is 5.41 Å². The van der Waals surface area contributed by atoms with Gasteiger partial charge in [-0.3, -0.25) is 5.41 Å². The van der Waals surface area contributed by atoms with Crippen molar-refractivity contribution in [2.45, 2.75) is 6.92 Å². The fourth-order valence-electron chi connectivity index (χ4n) is 0.969. The van der Waals surface area contributed by atoms with Crippen LogP contribution in [0.15, 0.2) is 35.3 Å². The molecule has 0 bridgehead atoms. The Bertz CT molecular complexity index is 359. The number of nitrogens with zero attached hydrogens (tertiary/aromatic N) is 2. The lowest BCUT2D eigenvalue weighted by molar-refractivity contribution is 0.546. The minimum absolute atomic E-state index is 0.181. The molecule has 1 aromatic rings. The molecule has 1 N–H and O–H groups in total. The molecule has 15 heavy (non-hydrogen) atoms. The Labute approximate surface area is 94.9 Å². The van der Waals surface area contributed by atoms with Crippen LogP contribution in [-0.2, 0) is 0 Å². The van der Waals surface area contributed by atoms with Crippen LogP contribution in [0.4, 0.5) is 0 Å². The normalized spacial score (nSPS) is 11.3. The van der Waals surface area contributed by atoms with Crippen molar-refractivity contribution in [3.63, 3.8) is 0 Å². The summed E-state index contributed by atoms with van der Waals surface area (Å²) in [6.45, 7) is 2.74. The van der Waals surface area contributed by atoms with Crippen LogP contribution < -0.4 is 0 Å². The van der Waals surface area contributed by atoms with Gasteiger partial charge in [0.1, 0.15) is 0 Å². The van der Waals surface area contributed by atoms with Gasteiger partial charge in [-0.2, -0.15) is 0 Å². The maximum absolute atomic E-state index is 7.73. The molecule has 0 radical (unpaired) electrons. The highest BCUT2D eigenvalue weighted by molar-refractivity contribution is 6.65. The van der Waals surface area contributed by atoms with Gasteiger partial charge in [0.25, 0.3) is 0 Å². The number of amidine groups is 2. The third-order valence-corrected chi connectivity index (χ3v) is 2.41. The smallest absolute Gasteiger partial charge is 0.200 e. The lowest BCUT2D eigenvalue weighted by atomic mass is 10.2. The Morgan fingerprint density at radius 1 is 1.40 bits per heavy atom. The van der Waals surface area contributed by atoms with Crippen molar-refractivity contribution in [3.8, 4) is 0 Å². The first kappa shape index (κ1) is 11.7. The second kappa shape index (κ2) is 5.51. The summed E-state index contributed by atoms with van der Waals surface area (Å²) in [4.78, 5) is 5.79. The van der Waals surface area contributed by atoms with Crippen LogP contribution in [0.25, 0.3) is 0 Å². The Morgan fingerprint density at radius 3 is 2.53 bits per heavy atom. The average Bonchev–Trinajstić information content (AvgIpc) is 2.29. The fraction of sp³-hybridized carbons (Fsp3) is 0.273. The average molecular weight is 224 g/mol. The number of hydrogen-bond donors (Lipinski definition) is 1. The fourth-order valence-corrected chi connectivity index (χ4v) is 1.17. The van der Waals surface area contributed by atoms with Gasteiger partial charge in [0.2, 0.25) is 0 Å². The van der Waals surface area contributed by atoms with Crippen molar-refractivity contribution in [3.05, 3.63) is 35.9 Å². The summed E-state index contributed by atoms with van der Waals surface area (Å²) in [5.41, 5.74) is 0.764. The van der Waals surface area contributed by atoms with E-state index in [2.05, 4.69) is 4.99 Å². The zero-order valence-electron chi connectivity index (χ0n) is 8.87. The van der Waals surface area contributed by atoms with Gasteiger partial charge >= 0.3 is 0 Å². The summed E-state index contributed by atoms with van der Waals surface area (Å²) in [7, 11) is 1.84. The van der Waals surface area contributed by atoms with Crippen LogP contribution in [-0.4, -0.2) is 29.6 Å². The lowest BCUT2D eigenvalue weighted by Gasteiger charge is -2.13. The van der Waals surface area contributed by atoms with Crippen molar-refractivity contribution in [2.24, 2.45) is 4.99 Å². The number of aliphatic imine (C=N–C) groups is 1. The summed E-state index contributed by atoms with van der Waals surface area (Å²) in [6.07, 6.45) is 0. The molecular weight excluding hydrogens is 210 g/mol. The maximum atomic E-state index is 7.73. The molecular formula is C11H14ClN3. The molecule has 0 saturated heterocycles. The van der Waals surface area contributed by atoms with Gasteiger partial charge in [-0.1, -0.05) is 30.3 Å². The van der Waals surface area contributed by atoms with Crippen LogP contribution >= 0.6 is 11.6 Å². The Morgan fingerprint density at radius 2 is 2.00 bits per heavy atom. The van der Waals surface area contributed by atoms with E-state index in [-0.39, 0.29) is 5.84 Å². The topological polar surface area (TPSA) is 39.5 Å². The predicted molar refractivity (Wildman–Crippen MR) is 64.9 cm³/mol. The molecule has 1 aromatic carbocycles. The van der Waals surface area contributed by atoms with E-state index in [1.54, 1.807) is 4.90 Å².